The molecule has 2 saturated heterocycles. The van der Waals surface area contributed by atoms with E-state index in [0.717, 1.165) is 19.3 Å². The van der Waals surface area contributed by atoms with Gasteiger partial charge in [-0.3, -0.25) is 4.79 Å². The van der Waals surface area contributed by atoms with E-state index in [4.69, 9.17) is 18.9 Å². The van der Waals surface area contributed by atoms with Crippen LogP contribution in [0.25, 0.3) is 0 Å². The van der Waals surface area contributed by atoms with E-state index in [1.165, 1.54) is 12.2 Å². The van der Waals surface area contributed by atoms with Crippen LogP contribution in [0.1, 0.15) is 211 Å². The molecule has 26 unspecified atom stereocenters. The fourth-order valence-electron chi connectivity index (χ4n) is 13.6. The van der Waals surface area contributed by atoms with Crippen LogP contribution in [-0.4, -0.2) is 252 Å². The molecule has 96 heavy (non-hydrogen) atoms. The number of esters is 1. The Morgan fingerprint density at radius 1 is 0.625 bits per heavy atom. The van der Waals surface area contributed by atoms with Gasteiger partial charge < -0.3 is 111 Å². The molecule has 30 atom stereocenters. The fourth-order valence-corrected chi connectivity index (χ4v) is 13.6. The lowest BCUT2D eigenvalue weighted by atomic mass is 9.80. The Kier molecular flexibility index (Phi) is 39.8. The van der Waals surface area contributed by atoms with Gasteiger partial charge in [-0.15, -0.1) is 0 Å². The maximum Gasteiger partial charge on any atom is 0.311 e. The number of hydrogen-bond acceptors (Lipinski definition) is 23. The number of rotatable bonds is 8. The van der Waals surface area contributed by atoms with Gasteiger partial charge in [0.1, 0.15) is 12.2 Å². The third-order valence-electron chi connectivity index (χ3n) is 21.3. The average Bonchev–Trinajstić information content (AvgIpc) is 0.771. The first-order chi connectivity index (χ1) is 44.9. The molecule has 0 aromatic rings. The zero-order valence-electron chi connectivity index (χ0n) is 60.1. The highest BCUT2D eigenvalue weighted by atomic mass is 16.7. The van der Waals surface area contributed by atoms with E-state index in [9.17, 15) is 91.6 Å². The fraction of sp³-hybridized carbons (Fsp3) is 0.877. The lowest BCUT2D eigenvalue weighted by Crippen LogP contribution is -2.64. The van der Waals surface area contributed by atoms with Crippen molar-refractivity contribution in [2.75, 3.05) is 14.1 Å². The zero-order chi connectivity index (χ0) is 72.5. The predicted octanol–water partition coefficient (Wildman–Crippen LogP) is 4.50. The molecule has 23 nitrogen and oxygen atoms in total. The highest BCUT2D eigenvalue weighted by Gasteiger charge is 2.53. The maximum absolute atomic E-state index is 13.7. The molecule has 2 fully saturated rings. The van der Waals surface area contributed by atoms with Crippen molar-refractivity contribution in [2.24, 2.45) is 41.4 Å². The Morgan fingerprint density at radius 2 is 1.21 bits per heavy atom. The molecule has 0 radical (unpaired) electrons. The van der Waals surface area contributed by atoms with E-state index in [1.807, 2.05) is 0 Å². The molecule has 17 N–H and O–H groups in total. The molecule has 3 heterocycles. The first-order valence-electron chi connectivity index (χ1n) is 36.1. The number of cyclic esters (lactones) is 1. The molecule has 2 bridgehead atoms. The van der Waals surface area contributed by atoms with Crippen molar-refractivity contribution in [1.82, 2.24) is 4.90 Å². The van der Waals surface area contributed by atoms with Crippen LogP contribution < -0.4 is 0 Å². The summed E-state index contributed by atoms with van der Waals surface area (Å²) < 4.78 is 24.5. The Balaban J connectivity index is 1.86. The Bertz CT molecular complexity index is 2280. The number of carbonyl (C=O) groups excluding carboxylic acids is 1. The molecule has 0 aliphatic carbocycles. The molecular weight excluding hydrogens is 1240 g/mol. The van der Waals surface area contributed by atoms with Crippen molar-refractivity contribution < 1.29 is 111 Å². The summed E-state index contributed by atoms with van der Waals surface area (Å²) in [5, 5.41) is 191. The van der Waals surface area contributed by atoms with Crippen LogP contribution in [0.5, 0.6) is 0 Å². The largest absolute Gasteiger partial charge is 0.458 e. The van der Waals surface area contributed by atoms with Crippen LogP contribution in [0.2, 0.25) is 0 Å². The second-order valence-electron chi connectivity index (χ2n) is 29.7. The molecule has 23 heteroatoms. The van der Waals surface area contributed by atoms with Gasteiger partial charge in [-0.25, -0.2) is 0 Å². The summed E-state index contributed by atoms with van der Waals surface area (Å²) in [6.45, 7) is 19.4. The van der Waals surface area contributed by atoms with Crippen LogP contribution in [0.15, 0.2) is 47.6 Å². The second-order valence-corrected chi connectivity index (χ2v) is 29.7. The monoisotopic (exact) mass is 1380 g/mol. The van der Waals surface area contributed by atoms with E-state index >= 15 is 0 Å². The smallest absolute Gasteiger partial charge is 0.311 e. The van der Waals surface area contributed by atoms with Crippen molar-refractivity contribution in [3.8, 4) is 0 Å². The second kappa shape index (κ2) is 43.5. The van der Waals surface area contributed by atoms with Crippen molar-refractivity contribution in [3.63, 3.8) is 0 Å². The number of carbonyl (C=O) groups is 1. The van der Waals surface area contributed by atoms with Crippen molar-refractivity contribution >= 4 is 5.97 Å². The normalized spacial score (nSPS) is 44.7. The SMILES string of the molecule is CCC(C)CCCC1/C=C(/C)C(O)CC(O)CCCC(O)C(C)C(O)C/C=C/C=C(\C)C(O)C(C)C2CC(O[C@@H]3O[C@H](C)[C@@H](O)C(N(C)C)[C@H]3O)C(C)C(O)(CC(=O)OC(C)/C=C/C(O)CC(O)CCCC(O)C(C)C(O)CCC(C)C(O)CC(O)CC(O)CCC(O)C1O)O2. The molecule has 0 aromatic heterocycles. The van der Waals surface area contributed by atoms with Gasteiger partial charge in [0.2, 0.25) is 0 Å². The lowest BCUT2D eigenvalue weighted by molar-refractivity contribution is -0.351. The minimum atomic E-state index is -2.26. The topological polar surface area (TPSA) is 401 Å². The molecule has 3 aliphatic rings. The van der Waals surface area contributed by atoms with Gasteiger partial charge in [0.15, 0.2) is 12.1 Å². The summed E-state index contributed by atoms with van der Waals surface area (Å²) in [6, 6.07) is -0.781. The summed E-state index contributed by atoms with van der Waals surface area (Å²) in [6.07, 6.45) is -7.61. The number of aliphatic hydroxyl groups is 17. The number of nitrogens with zero attached hydrogens (tertiary/aromatic N) is 1. The van der Waals surface area contributed by atoms with Crippen LogP contribution in [0, 0.1) is 41.4 Å². The number of fused-ring (bicyclic) bond motifs is 2. The first kappa shape index (κ1) is 87.8. The standard InChI is InChI=1S/C73H133NO22/c1-14-41(2)20-17-22-51-34-44(5)63(86)37-53(76)24-19-27-58(81)46(7)57(80)25-16-15-21-43(4)68(88)48(9)64-39-65(95-72-71(91)67(74(12)13)69(89)50(11)94-72)49(10)73(92,96-64)40-66(87)93-45(6)29-30-54(77)35-52(75)23-18-26-59(82)47(8)60(83)32-28-42(3)62(85)38-56(79)36-55(78)31-33-61(84)70(51)90/h15-16,21,29-30,34,41-42,45-65,67-72,75-86,88-92H,14,17-20,22-28,31-33,35-40H2,1-13H3/b16-15+,30-29+,43-21+,44-34-/t41?,42?,45?,46?,47?,48?,49?,50-,51?,52?,53?,54?,55?,56?,57?,58?,59?,60?,61?,62?,63?,64?,65?,67?,68?,69-,70?,71-,72+,73?/m1/s1. The number of ether oxygens (including phenoxy) is 4. The summed E-state index contributed by atoms with van der Waals surface area (Å²) in [7, 11) is 3.40. The van der Waals surface area contributed by atoms with Crippen molar-refractivity contribution in [1.29, 1.82) is 0 Å². The van der Waals surface area contributed by atoms with E-state index in [-0.39, 0.29) is 89.4 Å². The molecule has 0 spiro atoms. The summed E-state index contributed by atoms with van der Waals surface area (Å²) in [5.74, 6) is -6.45. The van der Waals surface area contributed by atoms with Gasteiger partial charge in [-0.05, 0) is 161 Å². The number of hydrogen-bond donors (Lipinski definition) is 17. The van der Waals surface area contributed by atoms with Crippen molar-refractivity contribution in [2.45, 2.75) is 351 Å². The van der Waals surface area contributed by atoms with Gasteiger partial charge in [0.05, 0.1) is 122 Å². The molecule has 562 valence electrons. The average molecular weight is 1380 g/mol. The molecule has 3 aliphatic heterocycles. The van der Waals surface area contributed by atoms with E-state index in [1.54, 1.807) is 106 Å². The molecule has 0 saturated carbocycles. The number of aliphatic hydroxyl groups excluding tert-OH is 16. The summed E-state index contributed by atoms with van der Waals surface area (Å²) in [4.78, 5) is 15.4. The van der Waals surface area contributed by atoms with Gasteiger partial charge in [-0.1, -0.05) is 98.1 Å². The molecular formula is C73H133NO22. The van der Waals surface area contributed by atoms with Gasteiger partial charge in [0.25, 0.3) is 0 Å². The number of likely N-dealkylation sites (N-methyl/N-ethyl adjacent to an activating group) is 1. The number of allylic oxidation sites excluding steroid dienone is 2. The Labute approximate surface area is 573 Å². The predicted molar refractivity (Wildman–Crippen MR) is 365 cm³/mol. The van der Waals surface area contributed by atoms with E-state index in [2.05, 4.69) is 13.8 Å². The van der Waals surface area contributed by atoms with Crippen LogP contribution in [0.4, 0.5) is 0 Å². The Hall–Kier alpha value is -2.41. The highest BCUT2D eigenvalue weighted by Crippen LogP contribution is 2.42. The van der Waals surface area contributed by atoms with Crippen LogP contribution in [0.3, 0.4) is 0 Å². The minimum Gasteiger partial charge on any atom is -0.458 e. The van der Waals surface area contributed by atoms with E-state index in [0.29, 0.717) is 42.7 Å². The summed E-state index contributed by atoms with van der Waals surface area (Å²) >= 11 is 0. The molecule has 0 aromatic carbocycles. The maximum atomic E-state index is 13.7. The van der Waals surface area contributed by atoms with Crippen LogP contribution >= 0.6 is 0 Å². The van der Waals surface area contributed by atoms with Crippen molar-refractivity contribution in [3.05, 3.63) is 47.6 Å². The quantitative estimate of drug-likeness (QED) is 0.117. The van der Waals surface area contributed by atoms with Gasteiger partial charge in [0, 0.05) is 48.9 Å². The third kappa shape index (κ3) is 29.5. The molecule has 3 rings (SSSR count). The van der Waals surface area contributed by atoms with E-state index < -0.39 is 182 Å². The van der Waals surface area contributed by atoms with Gasteiger partial charge >= 0.3 is 5.97 Å². The minimum absolute atomic E-state index is 0.00878. The van der Waals surface area contributed by atoms with Gasteiger partial charge in [-0.2, -0.15) is 0 Å². The molecule has 0 amide bonds. The zero-order valence-corrected chi connectivity index (χ0v) is 60.1. The van der Waals surface area contributed by atoms with Crippen LogP contribution in [-0.2, 0) is 23.7 Å². The lowest BCUT2D eigenvalue weighted by Gasteiger charge is -2.50. The highest BCUT2D eigenvalue weighted by molar-refractivity contribution is 5.71. The first-order valence-corrected chi connectivity index (χ1v) is 36.1. The third-order valence-corrected chi connectivity index (χ3v) is 21.3. The Morgan fingerprint density at radius 3 is 1.82 bits per heavy atom. The summed E-state index contributed by atoms with van der Waals surface area (Å²) in [5.41, 5.74) is 0.999.